The van der Waals surface area contributed by atoms with Crippen molar-refractivity contribution in [3.63, 3.8) is 0 Å². The highest BCUT2D eigenvalue weighted by Gasteiger charge is 2.42. The topological polar surface area (TPSA) is 0 Å². The van der Waals surface area contributed by atoms with Crippen molar-refractivity contribution >= 4 is 0 Å². The fourth-order valence-electron chi connectivity index (χ4n) is 6.61. The molecule has 0 bridgehead atoms. The third-order valence-electron chi connectivity index (χ3n) is 8.82. The number of benzene rings is 3. The first kappa shape index (κ1) is 27.7. The second-order valence-electron chi connectivity index (χ2n) is 11.8. The third kappa shape index (κ3) is 6.57. The highest BCUT2D eigenvalue weighted by molar-refractivity contribution is 5.84. The average molecular weight is 495 g/mol. The summed E-state index contributed by atoms with van der Waals surface area (Å²) in [4.78, 5) is 0. The van der Waals surface area contributed by atoms with Crippen molar-refractivity contribution in [2.75, 3.05) is 0 Å². The van der Waals surface area contributed by atoms with Gasteiger partial charge in [0.1, 0.15) is 0 Å². The lowest BCUT2D eigenvalue weighted by molar-refractivity contribution is 0.398. The van der Waals surface area contributed by atoms with Crippen molar-refractivity contribution in [1.82, 2.24) is 0 Å². The number of hydrogen-bond donors (Lipinski definition) is 0. The van der Waals surface area contributed by atoms with Crippen molar-refractivity contribution in [2.45, 2.75) is 123 Å². The van der Waals surface area contributed by atoms with Crippen LogP contribution < -0.4 is 0 Å². The van der Waals surface area contributed by atoms with Crippen molar-refractivity contribution in [3.05, 3.63) is 82.9 Å². The molecular formula is C37H50. The van der Waals surface area contributed by atoms with E-state index in [-0.39, 0.29) is 5.41 Å². The van der Waals surface area contributed by atoms with Crippen LogP contribution in [0, 0.1) is 13.8 Å². The minimum Gasteiger partial charge on any atom is -0.0654 e. The van der Waals surface area contributed by atoms with Gasteiger partial charge in [-0.3, -0.25) is 0 Å². The van der Waals surface area contributed by atoms with E-state index in [1.54, 1.807) is 11.1 Å². The lowest BCUT2D eigenvalue weighted by atomic mass is 9.70. The molecule has 0 saturated carbocycles. The fourth-order valence-corrected chi connectivity index (χ4v) is 6.61. The Labute approximate surface area is 227 Å². The normalized spacial score (nSPS) is 13.5. The third-order valence-corrected chi connectivity index (χ3v) is 8.82. The molecule has 0 heterocycles. The number of hydrogen-bond acceptors (Lipinski definition) is 0. The van der Waals surface area contributed by atoms with Crippen molar-refractivity contribution < 1.29 is 0 Å². The Balaban J connectivity index is 1.69. The smallest absolute Gasteiger partial charge is 0.0215 e. The van der Waals surface area contributed by atoms with Gasteiger partial charge in [0.05, 0.1) is 0 Å². The average Bonchev–Trinajstić information content (AvgIpc) is 3.17. The van der Waals surface area contributed by atoms with Crippen LogP contribution in [0.4, 0.5) is 0 Å². The molecule has 198 valence electrons. The molecule has 0 nitrogen and oxygen atoms in total. The van der Waals surface area contributed by atoms with E-state index in [4.69, 9.17) is 0 Å². The Morgan fingerprint density at radius 3 is 1.51 bits per heavy atom. The fraction of sp³-hybridized carbons (Fsp3) is 0.514. The second-order valence-corrected chi connectivity index (χ2v) is 11.8. The summed E-state index contributed by atoms with van der Waals surface area (Å²) in [5.74, 6) is 0. The van der Waals surface area contributed by atoms with Crippen LogP contribution in [0.15, 0.2) is 60.7 Å². The van der Waals surface area contributed by atoms with Gasteiger partial charge in [-0.15, -0.1) is 0 Å². The minimum atomic E-state index is 0.160. The lowest BCUT2D eigenvalue weighted by Crippen LogP contribution is -2.25. The highest BCUT2D eigenvalue weighted by atomic mass is 14.4. The van der Waals surface area contributed by atoms with Crippen LogP contribution in [0.2, 0.25) is 0 Å². The molecule has 37 heavy (non-hydrogen) atoms. The van der Waals surface area contributed by atoms with Crippen LogP contribution in [0.1, 0.15) is 126 Å². The molecule has 3 aromatic carbocycles. The zero-order valence-electron chi connectivity index (χ0n) is 24.2. The molecule has 0 aromatic heterocycles. The van der Waals surface area contributed by atoms with E-state index in [0.29, 0.717) is 0 Å². The van der Waals surface area contributed by atoms with E-state index in [0.717, 1.165) is 0 Å². The molecule has 0 unspecified atom stereocenters. The van der Waals surface area contributed by atoms with E-state index in [1.807, 2.05) is 0 Å². The van der Waals surface area contributed by atoms with Gasteiger partial charge in [0, 0.05) is 5.41 Å². The minimum absolute atomic E-state index is 0.160. The first-order valence-electron chi connectivity index (χ1n) is 15.4. The summed E-state index contributed by atoms with van der Waals surface area (Å²) in [5.41, 5.74) is 11.8. The molecule has 1 aliphatic rings. The van der Waals surface area contributed by atoms with Crippen LogP contribution in [0.5, 0.6) is 0 Å². The van der Waals surface area contributed by atoms with E-state index < -0.39 is 0 Å². The molecule has 0 spiro atoms. The van der Waals surface area contributed by atoms with Gasteiger partial charge in [0.15, 0.2) is 0 Å². The predicted molar refractivity (Wildman–Crippen MR) is 164 cm³/mol. The molecule has 0 saturated heterocycles. The quantitative estimate of drug-likeness (QED) is 0.184. The molecule has 0 heteroatoms. The summed E-state index contributed by atoms with van der Waals surface area (Å²) in [6.45, 7) is 9.09. The Kier molecular flexibility index (Phi) is 10.1. The lowest BCUT2D eigenvalue weighted by Gasteiger charge is -2.33. The number of rotatable bonds is 15. The van der Waals surface area contributed by atoms with E-state index in [1.165, 1.54) is 123 Å². The maximum Gasteiger partial charge on any atom is 0.0215 e. The summed E-state index contributed by atoms with van der Waals surface area (Å²) in [6, 6.07) is 23.7. The molecule has 0 radical (unpaired) electrons. The van der Waals surface area contributed by atoms with Crippen LogP contribution in [-0.4, -0.2) is 0 Å². The van der Waals surface area contributed by atoms with Crippen molar-refractivity contribution in [2.24, 2.45) is 0 Å². The standard InChI is InChI=1S/C37H50/c1-5-7-9-11-13-15-25-37(26-16-14-12-10-8-6-2)35-27-30(4)19-23-33(35)34-24-22-32(28-36(34)37)31-20-17-29(3)18-21-31/h17-24,27-28H,5-16,25-26H2,1-4H3. The highest BCUT2D eigenvalue weighted by Crippen LogP contribution is 2.55. The zero-order valence-corrected chi connectivity index (χ0v) is 24.2. The van der Waals surface area contributed by atoms with Crippen LogP contribution >= 0.6 is 0 Å². The summed E-state index contributed by atoms with van der Waals surface area (Å²) < 4.78 is 0. The van der Waals surface area contributed by atoms with Gasteiger partial charge in [-0.2, -0.15) is 0 Å². The molecule has 0 atom stereocenters. The summed E-state index contributed by atoms with van der Waals surface area (Å²) in [7, 11) is 0. The van der Waals surface area contributed by atoms with Crippen LogP contribution in [0.3, 0.4) is 0 Å². The summed E-state index contributed by atoms with van der Waals surface area (Å²) >= 11 is 0. The van der Waals surface area contributed by atoms with Gasteiger partial charge in [-0.25, -0.2) is 0 Å². The Morgan fingerprint density at radius 1 is 0.459 bits per heavy atom. The Hall–Kier alpha value is -2.34. The summed E-state index contributed by atoms with van der Waals surface area (Å²) in [6.07, 6.45) is 18.9. The predicted octanol–water partition coefficient (Wildman–Crippen LogP) is 11.7. The van der Waals surface area contributed by atoms with Gasteiger partial charge < -0.3 is 0 Å². The largest absolute Gasteiger partial charge is 0.0654 e. The molecule has 4 rings (SSSR count). The number of aryl methyl sites for hydroxylation is 2. The monoisotopic (exact) mass is 494 g/mol. The van der Waals surface area contributed by atoms with Crippen LogP contribution in [0.25, 0.3) is 22.3 Å². The Morgan fingerprint density at radius 2 is 0.919 bits per heavy atom. The van der Waals surface area contributed by atoms with Gasteiger partial charge in [-0.05, 0) is 66.1 Å². The zero-order chi connectivity index (χ0) is 26.1. The van der Waals surface area contributed by atoms with Crippen molar-refractivity contribution in [3.8, 4) is 22.3 Å². The maximum atomic E-state index is 2.57. The van der Waals surface area contributed by atoms with Crippen molar-refractivity contribution in [1.29, 1.82) is 0 Å². The molecular weight excluding hydrogens is 444 g/mol. The molecule has 0 fully saturated rings. The number of unbranched alkanes of at least 4 members (excludes halogenated alkanes) is 10. The molecule has 0 amide bonds. The second kappa shape index (κ2) is 13.5. The number of fused-ring (bicyclic) bond motifs is 3. The first-order chi connectivity index (χ1) is 18.1. The molecule has 0 aliphatic heterocycles. The Bertz CT molecular complexity index is 1100. The van der Waals surface area contributed by atoms with Crippen LogP contribution in [-0.2, 0) is 5.41 Å². The van der Waals surface area contributed by atoms with Gasteiger partial charge in [0.25, 0.3) is 0 Å². The first-order valence-corrected chi connectivity index (χ1v) is 15.4. The van der Waals surface area contributed by atoms with Gasteiger partial charge in [0.2, 0.25) is 0 Å². The maximum absolute atomic E-state index is 2.57. The molecule has 0 N–H and O–H groups in total. The van der Waals surface area contributed by atoms with E-state index in [2.05, 4.69) is 88.4 Å². The van der Waals surface area contributed by atoms with E-state index >= 15 is 0 Å². The molecule has 3 aromatic rings. The van der Waals surface area contributed by atoms with Gasteiger partial charge in [-0.1, -0.05) is 157 Å². The summed E-state index contributed by atoms with van der Waals surface area (Å²) in [5, 5.41) is 0. The van der Waals surface area contributed by atoms with E-state index in [9.17, 15) is 0 Å². The molecule has 1 aliphatic carbocycles. The SMILES string of the molecule is CCCCCCCCC1(CCCCCCCC)c2cc(C)ccc2-c2ccc(-c3ccc(C)cc3)cc21. The van der Waals surface area contributed by atoms with Gasteiger partial charge >= 0.3 is 0 Å².